The maximum atomic E-state index is 13.3. The molecule has 0 saturated carbocycles. The van der Waals surface area contributed by atoms with Crippen molar-refractivity contribution in [2.24, 2.45) is 5.73 Å². The van der Waals surface area contributed by atoms with Gasteiger partial charge in [-0.25, -0.2) is 9.37 Å². The zero-order chi connectivity index (χ0) is 21.7. The second-order valence-electron chi connectivity index (χ2n) is 6.59. The van der Waals surface area contributed by atoms with Crippen LogP contribution in [0.4, 0.5) is 27.3 Å². The molecule has 0 aliphatic heterocycles. The normalized spacial score (nSPS) is 10.4. The molecule has 8 nitrogen and oxygen atoms in total. The molecule has 0 saturated heterocycles. The van der Waals surface area contributed by atoms with Crippen molar-refractivity contribution in [1.29, 1.82) is 0 Å². The third-order valence-electron chi connectivity index (χ3n) is 4.41. The molecule has 0 atom stereocenters. The number of carbonyl (C=O) groups is 2. The highest BCUT2D eigenvalue weighted by molar-refractivity contribution is 5.98. The third-order valence-corrected chi connectivity index (χ3v) is 4.41. The smallest absolute Gasteiger partial charge is 0.252 e. The highest BCUT2D eigenvalue weighted by Crippen LogP contribution is 2.24. The number of nitrogens with two attached hydrogens (primary N) is 1. The molecule has 2 heterocycles. The first-order chi connectivity index (χ1) is 14.3. The first-order valence-electron chi connectivity index (χ1n) is 9.08. The quantitative estimate of drug-likeness (QED) is 0.554. The van der Waals surface area contributed by atoms with Crippen LogP contribution in [-0.2, 0) is 11.3 Å². The van der Waals surface area contributed by atoms with E-state index in [1.54, 1.807) is 25.2 Å². The molecule has 154 valence electrons. The van der Waals surface area contributed by atoms with Gasteiger partial charge in [0, 0.05) is 50.4 Å². The number of amides is 2. The number of pyridine rings is 2. The molecule has 0 spiro atoms. The Morgan fingerprint density at radius 2 is 1.87 bits per heavy atom. The summed E-state index contributed by atoms with van der Waals surface area (Å²) in [6.45, 7) is 1.74. The van der Waals surface area contributed by atoms with Crippen LogP contribution in [-0.4, -0.2) is 28.8 Å². The SMILES string of the molecule is CC(=O)N(C)c1ccc(Nc2cc(NCc3cncc(F)c3)c(C(N)=O)cn2)cc1. The van der Waals surface area contributed by atoms with Gasteiger partial charge >= 0.3 is 0 Å². The van der Waals surface area contributed by atoms with E-state index in [1.165, 1.54) is 30.3 Å². The Morgan fingerprint density at radius 3 is 2.50 bits per heavy atom. The summed E-state index contributed by atoms with van der Waals surface area (Å²) in [4.78, 5) is 32.7. The van der Waals surface area contributed by atoms with Crippen molar-refractivity contribution >= 4 is 34.7 Å². The van der Waals surface area contributed by atoms with Gasteiger partial charge < -0.3 is 21.3 Å². The summed E-state index contributed by atoms with van der Waals surface area (Å²) < 4.78 is 13.3. The maximum absolute atomic E-state index is 13.3. The molecule has 4 N–H and O–H groups in total. The molecule has 9 heteroatoms. The minimum Gasteiger partial charge on any atom is -0.380 e. The fraction of sp³-hybridized carbons (Fsp3) is 0.143. The van der Waals surface area contributed by atoms with Gasteiger partial charge in [0.05, 0.1) is 17.4 Å². The lowest BCUT2D eigenvalue weighted by Crippen LogP contribution is -2.22. The van der Waals surface area contributed by atoms with Crippen molar-refractivity contribution < 1.29 is 14.0 Å². The van der Waals surface area contributed by atoms with Crippen molar-refractivity contribution in [3.8, 4) is 0 Å². The number of hydrogen-bond acceptors (Lipinski definition) is 6. The number of aromatic nitrogens is 2. The Labute approximate surface area is 172 Å². The van der Waals surface area contributed by atoms with Crippen LogP contribution in [0.1, 0.15) is 22.8 Å². The Hall–Kier alpha value is -4.01. The van der Waals surface area contributed by atoms with Crippen LogP contribution < -0.4 is 21.3 Å². The summed E-state index contributed by atoms with van der Waals surface area (Å²) >= 11 is 0. The Kier molecular flexibility index (Phi) is 6.21. The molecular formula is C21H21FN6O2. The molecule has 2 aromatic heterocycles. The monoisotopic (exact) mass is 408 g/mol. The zero-order valence-electron chi connectivity index (χ0n) is 16.5. The lowest BCUT2D eigenvalue weighted by Gasteiger charge is -2.16. The summed E-state index contributed by atoms with van der Waals surface area (Å²) in [6, 6.07) is 10.2. The fourth-order valence-electron chi connectivity index (χ4n) is 2.71. The van der Waals surface area contributed by atoms with Gasteiger partial charge in [0.15, 0.2) is 0 Å². The van der Waals surface area contributed by atoms with Crippen LogP contribution in [0.3, 0.4) is 0 Å². The number of hydrogen-bond donors (Lipinski definition) is 3. The Bertz CT molecular complexity index is 1070. The van der Waals surface area contributed by atoms with Crippen molar-refractivity contribution in [1.82, 2.24) is 9.97 Å². The van der Waals surface area contributed by atoms with Gasteiger partial charge in [-0.05, 0) is 35.9 Å². The third kappa shape index (κ3) is 5.07. The molecule has 2 amide bonds. The average Bonchev–Trinajstić information content (AvgIpc) is 2.72. The van der Waals surface area contributed by atoms with E-state index in [2.05, 4.69) is 20.6 Å². The summed E-state index contributed by atoms with van der Waals surface area (Å²) in [6.07, 6.45) is 4.01. The first kappa shape index (κ1) is 20.7. The zero-order valence-corrected chi connectivity index (χ0v) is 16.5. The van der Waals surface area contributed by atoms with Crippen LogP contribution in [0.25, 0.3) is 0 Å². The molecule has 3 aromatic rings. The number of primary amides is 1. The van der Waals surface area contributed by atoms with Crippen LogP contribution in [0.2, 0.25) is 0 Å². The second kappa shape index (κ2) is 8.99. The fourth-order valence-corrected chi connectivity index (χ4v) is 2.71. The van der Waals surface area contributed by atoms with Crippen LogP contribution >= 0.6 is 0 Å². The van der Waals surface area contributed by atoms with Crippen molar-refractivity contribution in [3.05, 3.63) is 71.9 Å². The number of nitrogens with zero attached hydrogens (tertiary/aromatic N) is 3. The van der Waals surface area contributed by atoms with Gasteiger partial charge in [-0.3, -0.25) is 14.6 Å². The summed E-state index contributed by atoms with van der Waals surface area (Å²) in [5, 5.41) is 6.20. The molecule has 30 heavy (non-hydrogen) atoms. The van der Waals surface area contributed by atoms with Crippen molar-refractivity contribution in [3.63, 3.8) is 0 Å². The number of benzene rings is 1. The highest BCUT2D eigenvalue weighted by Gasteiger charge is 2.11. The number of rotatable bonds is 7. The molecular weight excluding hydrogens is 387 g/mol. The second-order valence-corrected chi connectivity index (χ2v) is 6.59. The van der Waals surface area contributed by atoms with Crippen molar-refractivity contribution in [2.45, 2.75) is 13.5 Å². The summed E-state index contributed by atoms with van der Waals surface area (Å²) in [5.74, 6) is -0.665. The van der Waals surface area contributed by atoms with Gasteiger partial charge in [-0.2, -0.15) is 0 Å². The highest BCUT2D eigenvalue weighted by atomic mass is 19.1. The average molecular weight is 408 g/mol. The Balaban J connectivity index is 1.78. The molecule has 0 aliphatic carbocycles. The van der Waals surface area contributed by atoms with Crippen LogP contribution in [0.15, 0.2) is 55.0 Å². The molecule has 0 aliphatic rings. The van der Waals surface area contributed by atoms with E-state index in [0.717, 1.165) is 17.6 Å². The largest absolute Gasteiger partial charge is 0.380 e. The van der Waals surface area contributed by atoms with Crippen LogP contribution in [0, 0.1) is 5.82 Å². The number of nitrogens with one attached hydrogen (secondary N) is 2. The predicted molar refractivity (Wildman–Crippen MR) is 113 cm³/mol. The standard InChI is InChI=1S/C21H21FN6O2/c1-13(29)28(2)17-5-3-16(4-6-17)27-20-8-19(18(12-26-20)21(23)30)25-10-14-7-15(22)11-24-9-14/h3-9,11-12H,10H2,1-2H3,(H2,23,30)(H2,25,26,27). The molecule has 0 fully saturated rings. The lowest BCUT2D eigenvalue weighted by atomic mass is 10.2. The summed E-state index contributed by atoms with van der Waals surface area (Å²) in [5.41, 5.74) is 8.22. The van der Waals surface area contributed by atoms with E-state index >= 15 is 0 Å². The van der Waals surface area contributed by atoms with E-state index in [1.807, 2.05) is 12.1 Å². The van der Waals surface area contributed by atoms with Crippen molar-refractivity contribution in [2.75, 3.05) is 22.6 Å². The van der Waals surface area contributed by atoms with E-state index in [4.69, 9.17) is 5.73 Å². The topological polar surface area (TPSA) is 113 Å². The number of anilines is 4. The maximum Gasteiger partial charge on any atom is 0.252 e. The van der Waals surface area contributed by atoms with Gasteiger partial charge in [-0.1, -0.05) is 0 Å². The molecule has 3 rings (SSSR count). The van der Waals surface area contributed by atoms with E-state index in [9.17, 15) is 14.0 Å². The van der Waals surface area contributed by atoms with E-state index in [-0.39, 0.29) is 18.0 Å². The molecule has 0 bridgehead atoms. The predicted octanol–water partition coefficient (Wildman–Crippen LogP) is 3.05. The minimum atomic E-state index is -0.634. The van der Waals surface area contributed by atoms with Crippen LogP contribution in [0.5, 0.6) is 0 Å². The molecule has 0 radical (unpaired) electrons. The number of carbonyl (C=O) groups excluding carboxylic acids is 2. The summed E-state index contributed by atoms with van der Waals surface area (Å²) in [7, 11) is 1.70. The lowest BCUT2D eigenvalue weighted by molar-refractivity contribution is -0.116. The molecule has 0 unspecified atom stereocenters. The first-order valence-corrected chi connectivity index (χ1v) is 9.08. The van der Waals surface area contributed by atoms with Gasteiger partial charge in [0.2, 0.25) is 5.91 Å². The molecule has 1 aromatic carbocycles. The van der Waals surface area contributed by atoms with Gasteiger partial charge in [0.1, 0.15) is 11.6 Å². The van der Waals surface area contributed by atoms with E-state index in [0.29, 0.717) is 17.1 Å². The van der Waals surface area contributed by atoms with E-state index < -0.39 is 11.7 Å². The Morgan fingerprint density at radius 1 is 1.13 bits per heavy atom. The minimum absolute atomic E-state index is 0.0661. The van der Waals surface area contributed by atoms with Gasteiger partial charge in [-0.15, -0.1) is 0 Å². The number of halogens is 1. The van der Waals surface area contributed by atoms with Gasteiger partial charge in [0.25, 0.3) is 5.91 Å².